The van der Waals surface area contributed by atoms with E-state index in [-0.39, 0.29) is 22.9 Å². The van der Waals surface area contributed by atoms with E-state index in [0.29, 0.717) is 24.6 Å². The van der Waals surface area contributed by atoms with Crippen LogP contribution in [0.1, 0.15) is 69.9 Å². The predicted octanol–water partition coefficient (Wildman–Crippen LogP) is 3.71. The summed E-state index contributed by atoms with van der Waals surface area (Å²) in [6.45, 7) is 6.77. The topological polar surface area (TPSA) is 97.5 Å². The smallest absolute Gasteiger partial charge is 0.415 e. The summed E-state index contributed by atoms with van der Waals surface area (Å²) in [5.74, 6) is 1.96. The van der Waals surface area contributed by atoms with Crippen molar-refractivity contribution < 1.29 is 24.1 Å². The third-order valence-electron chi connectivity index (χ3n) is 11.1. The Hall–Kier alpha value is -1.87. The Balaban J connectivity index is 1.47. The molecule has 3 N–H and O–H groups in total. The van der Waals surface area contributed by atoms with Crippen molar-refractivity contribution in [2.24, 2.45) is 23.0 Å². The van der Waals surface area contributed by atoms with Gasteiger partial charge in [0.05, 0.1) is 5.60 Å². The van der Waals surface area contributed by atoms with Gasteiger partial charge in [-0.25, -0.2) is 4.79 Å². The van der Waals surface area contributed by atoms with Gasteiger partial charge in [-0.2, -0.15) is 0 Å². The summed E-state index contributed by atoms with van der Waals surface area (Å²) in [7, 11) is 5.74. The summed E-state index contributed by atoms with van der Waals surface area (Å²) < 4.78 is 19.6. The highest BCUT2D eigenvalue weighted by Crippen LogP contribution is 2.76. The van der Waals surface area contributed by atoms with Crippen LogP contribution < -0.4 is 15.2 Å². The second-order valence-corrected chi connectivity index (χ2v) is 13.8. The van der Waals surface area contributed by atoms with Gasteiger partial charge in [-0.1, -0.05) is 6.07 Å². The number of likely N-dealkylation sites (N-methyl/N-ethyl adjacent to an activating group) is 1. The molecule has 5 atom stereocenters. The van der Waals surface area contributed by atoms with Crippen LogP contribution in [0.5, 0.6) is 11.5 Å². The van der Waals surface area contributed by atoms with Crippen molar-refractivity contribution in [2.45, 2.75) is 87.9 Å². The second-order valence-electron chi connectivity index (χ2n) is 13.8. The summed E-state index contributed by atoms with van der Waals surface area (Å²) >= 11 is 0. The van der Waals surface area contributed by atoms with Crippen LogP contribution in [-0.2, 0) is 16.6 Å². The number of hydrogen-bond donors (Lipinski definition) is 2. The first-order valence-electron chi connectivity index (χ1n) is 14.9. The van der Waals surface area contributed by atoms with E-state index in [4.69, 9.17) is 19.9 Å². The van der Waals surface area contributed by atoms with Gasteiger partial charge in [0, 0.05) is 50.7 Å². The molecule has 216 valence electrons. The quantitative estimate of drug-likeness (QED) is 0.466. The van der Waals surface area contributed by atoms with Gasteiger partial charge in [0.1, 0.15) is 11.7 Å². The zero-order chi connectivity index (χ0) is 27.8. The minimum atomic E-state index is -0.906. The normalized spacial score (nSPS) is 34.2. The molecule has 1 aromatic carbocycles. The van der Waals surface area contributed by atoms with Crippen molar-refractivity contribution >= 4 is 6.09 Å². The van der Waals surface area contributed by atoms with E-state index in [1.807, 2.05) is 19.9 Å². The number of aryl methyl sites for hydroxylation is 1. The van der Waals surface area contributed by atoms with Crippen molar-refractivity contribution in [1.82, 2.24) is 9.80 Å². The molecule has 0 unspecified atom stereocenters. The first-order valence-corrected chi connectivity index (χ1v) is 14.9. The zero-order valence-corrected chi connectivity index (χ0v) is 24.4. The zero-order valence-electron chi connectivity index (χ0n) is 24.4. The van der Waals surface area contributed by atoms with Crippen LogP contribution in [-0.4, -0.2) is 85.7 Å². The molecule has 1 aliphatic heterocycles. The first-order chi connectivity index (χ1) is 18.5. The molecule has 7 rings (SSSR count). The Morgan fingerprint density at radius 2 is 1.97 bits per heavy atom. The molecule has 1 heterocycles. The van der Waals surface area contributed by atoms with Gasteiger partial charge in [-0.15, -0.1) is 0 Å². The van der Waals surface area contributed by atoms with E-state index >= 15 is 0 Å². The molecule has 4 saturated carbocycles. The molecular formula is C31H47N3O5. The number of ether oxygens (including phenoxy) is 3. The minimum Gasteiger partial charge on any atom is -0.482 e. The van der Waals surface area contributed by atoms with Gasteiger partial charge < -0.3 is 34.9 Å². The molecule has 1 aromatic rings. The number of fused-ring (bicyclic) bond motifs is 2. The number of hydrogen-bond acceptors (Lipinski definition) is 7. The molecule has 6 aliphatic rings. The van der Waals surface area contributed by atoms with Crippen molar-refractivity contribution in [2.75, 3.05) is 47.4 Å². The first kappa shape index (κ1) is 27.3. The van der Waals surface area contributed by atoms with Gasteiger partial charge in [0.25, 0.3) is 0 Å². The number of nitrogens with two attached hydrogens (primary N) is 1. The lowest BCUT2D eigenvalue weighted by molar-refractivity contribution is -0.280. The number of amides is 1. The number of benzene rings is 1. The molecule has 2 bridgehead atoms. The number of aliphatic hydroxyl groups is 1. The Labute approximate surface area is 233 Å². The summed E-state index contributed by atoms with van der Waals surface area (Å²) in [5.41, 5.74) is 6.44. The SMILES string of the molecule is CO[C@@]12CC[C@]3(CCc4ccc(OC(=O)N(C)CCN)c5c4[C@@]3(CCN(C)CC3CC3)[C@H]1O5)C[C@@H]2C(C)(C)O. The second kappa shape index (κ2) is 9.33. The summed E-state index contributed by atoms with van der Waals surface area (Å²) in [6, 6.07) is 4.05. The number of rotatable bonds is 10. The highest BCUT2D eigenvalue weighted by atomic mass is 16.6. The standard InChI is InChI=1S/C31H47N3O5/c1-28(2,36)23-18-29-11-10-21-8-9-22(38-27(35)34(4)17-15-32)25-24(21)30(29,14-16-33(3)19-20-6-7-20)26(39-25)31(23,37-5)13-12-29/h8-9,20,23,26,36H,6-7,10-19,32H2,1-5H3/t23-,26-,29-,30+,31-/m1/s1. The molecule has 39 heavy (non-hydrogen) atoms. The molecule has 0 aromatic heterocycles. The maximum absolute atomic E-state index is 13.0. The maximum atomic E-state index is 13.0. The van der Waals surface area contributed by atoms with Crippen molar-refractivity contribution in [3.63, 3.8) is 0 Å². The average Bonchev–Trinajstić information content (AvgIpc) is 3.63. The third-order valence-corrected chi connectivity index (χ3v) is 11.1. The molecule has 1 spiro atoms. The highest BCUT2D eigenvalue weighted by molar-refractivity contribution is 5.73. The van der Waals surface area contributed by atoms with Gasteiger partial charge in [0.15, 0.2) is 11.5 Å². The fourth-order valence-corrected chi connectivity index (χ4v) is 9.10. The Kier molecular flexibility index (Phi) is 6.53. The van der Waals surface area contributed by atoms with E-state index < -0.39 is 17.3 Å². The molecule has 5 aliphatic carbocycles. The Morgan fingerprint density at radius 1 is 1.21 bits per heavy atom. The van der Waals surface area contributed by atoms with Crippen molar-refractivity contribution in [1.29, 1.82) is 0 Å². The van der Waals surface area contributed by atoms with Crippen LogP contribution in [0.2, 0.25) is 0 Å². The largest absolute Gasteiger partial charge is 0.482 e. The highest BCUT2D eigenvalue weighted by Gasteiger charge is 2.78. The van der Waals surface area contributed by atoms with E-state index in [1.165, 1.54) is 28.9 Å². The lowest BCUT2D eigenvalue weighted by Gasteiger charge is -2.70. The summed E-state index contributed by atoms with van der Waals surface area (Å²) in [6.07, 6.45) is 7.85. The summed E-state index contributed by atoms with van der Waals surface area (Å²) in [4.78, 5) is 17.0. The summed E-state index contributed by atoms with van der Waals surface area (Å²) in [5, 5.41) is 11.5. The van der Waals surface area contributed by atoms with Gasteiger partial charge in [0.2, 0.25) is 0 Å². The number of carbonyl (C=O) groups is 1. The van der Waals surface area contributed by atoms with E-state index in [2.05, 4.69) is 18.0 Å². The molecule has 8 heteroatoms. The monoisotopic (exact) mass is 541 g/mol. The lowest BCUT2D eigenvalue weighted by Crippen LogP contribution is -2.77. The number of carbonyl (C=O) groups excluding carboxylic acids is 1. The molecule has 1 amide bonds. The van der Waals surface area contributed by atoms with Crippen molar-refractivity contribution in [3.05, 3.63) is 23.3 Å². The molecule has 4 fully saturated rings. The van der Waals surface area contributed by atoms with Crippen LogP contribution in [0.25, 0.3) is 0 Å². The van der Waals surface area contributed by atoms with Crippen molar-refractivity contribution in [3.8, 4) is 11.5 Å². The van der Waals surface area contributed by atoms with E-state index in [1.54, 1.807) is 14.2 Å². The minimum absolute atomic E-state index is 0.000255. The van der Waals surface area contributed by atoms with Crippen LogP contribution in [0.15, 0.2) is 12.1 Å². The van der Waals surface area contributed by atoms with Gasteiger partial charge >= 0.3 is 6.09 Å². The van der Waals surface area contributed by atoms with Crippen LogP contribution in [0, 0.1) is 17.3 Å². The van der Waals surface area contributed by atoms with Gasteiger partial charge in [-0.05, 0) is 102 Å². The predicted molar refractivity (Wildman–Crippen MR) is 149 cm³/mol. The molecule has 0 saturated heterocycles. The number of nitrogens with zero attached hydrogens (tertiary/aromatic N) is 2. The molecule has 0 radical (unpaired) electrons. The van der Waals surface area contributed by atoms with E-state index in [0.717, 1.165) is 57.5 Å². The molecular weight excluding hydrogens is 494 g/mol. The third kappa shape index (κ3) is 3.96. The van der Waals surface area contributed by atoms with Crippen LogP contribution in [0.3, 0.4) is 0 Å². The lowest BCUT2D eigenvalue weighted by atomic mass is 9.36. The fourth-order valence-electron chi connectivity index (χ4n) is 9.10. The van der Waals surface area contributed by atoms with E-state index in [9.17, 15) is 9.90 Å². The fraction of sp³-hybridized carbons (Fsp3) is 0.774. The van der Waals surface area contributed by atoms with Gasteiger partial charge in [-0.3, -0.25) is 0 Å². The van der Waals surface area contributed by atoms with Crippen LogP contribution in [0.4, 0.5) is 4.79 Å². The number of methoxy groups -OCH3 is 1. The average molecular weight is 542 g/mol. The molecule has 8 nitrogen and oxygen atoms in total. The maximum Gasteiger partial charge on any atom is 0.415 e. The Morgan fingerprint density at radius 3 is 2.64 bits per heavy atom. The Bertz CT molecular complexity index is 1130. The van der Waals surface area contributed by atoms with Crippen LogP contribution >= 0.6 is 0 Å².